The molecule has 252 valence electrons. The molecule has 11 atom stereocenters. The maximum Gasteiger partial charge on any atom is 0.472 e. The number of aliphatic hydroxyl groups is 2. The largest absolute Gasteiger partial charge is 0.472 e. The fourth-order valence-electron chi connectivity index (χ4n) is 7.23. The molecule has 8 rings (SSSR count). The molecule has 1 unspecified atom stereocenters. The van der Waals surface area contributed by atoms with Crippen LogP contribution < -0.4 is 11.3 Å². The van der Waals surface area contributed by atoms with Crippen molar-refractivity contribution >= 4 is 55.0 Å². The first-order valence-corrected chi connectivity index (χ1v) is 18.6. The van der Waals surface area contributed by atoms with Crippen LogP contribution in [0.3, 0.4) is 0 Å². The first-order chi connectivity index (χ1) is 22.3. The number of aromatic amines is 1. The van der Waals surface area contributed by atoms with Gasteiger partial charge in [-0.15, -0.1) is 0 Å². The van der Waals surface area contributed by atoms with Gasteiger partial charge in [0, 0.05) is 11.3 Å². The Hall–Kier alpha value is -2.81. The number of ether oxygens (including phenoxy) is 1. The Morgan fingerprint density at radius 3 is 2.68 bits per heavy atom. The second-order valence-corrected chi connectivity index (χ2v) is 16.4. The standard InChI is InChI=1S/C24H29N9O11P2S/c1-9-30-21-14(22(36)31-9)29-8-33(21)23-17-10(3-34)12(42-23)4-40-45(37,38)44-18-16(35)15(11-2-24(11,18)5-41-46(39,47)43-17)32-7-28-13-19(25)26-6-27-20(13)32/h6-8,10-12,15-18,23,34-35H,2-5H2,1H3,(H,37,38)(H,39,47)(H2,25,26,27)(H,30,31,36)/t10-,11-,12-,15-,16+,17-,18+,23-,24+,46+/m1/s1. The Bertz CT molecular complexity index is 2060. The van der Waals surface area contributed by atoms with Gasteiger partial charge < -0.3 is 39.7 Å². The minimum Gasteiger partial charge on any atom is -0.396 e. The highest BCUT2D eigenvalue weighted by atomic mass is 32.7. The fourth-order valence-corrected chi connectivity index (χ4v) is 9.78. The van der Waals surface area contributed by atoms with E-state index in [4.69, 9.17) is 28.6 Å². The number of phosphoric acid groups is 1. The number of aryl methyl sites for hydroxylation is 1. The van der Waals surface area contributed by atoms with Crippen LogP contribution >= 0.6 is 26.9 Å². The van der Waals surface area contributed by atoms with Crippen molar-refractivity contribution in [3.8, 4) is 0 Å². The molecule has 4 aromatic heterocycles. The highest BCUT2D eigenvalue weighted by Gasteiger charge is 2.74. The van der Waals surface area contributed by atoms with Gasteiger partial charge in [0.15, 0.2) is 28.9 Å². The molecule has 6 N–H and O–H groups in total. The molecule has 47 heavy (non-hydrogen) atoms. The predicted molar refractivity (Wildman–Crippen MR) is 161 cm³/mol. The Kier molecular flexibility index (Phi) is 7.26. The summed E-state index contributed by atoms with van der Waals surface area (Å²) in [5.41, 5.74) is 5.07. The predicted octanol–water partition coefficient (Wildman–Crippen LogP) is 0.233. The number of nitrogens with two attached hydrogens (primary N) is 1. The average molecular weight is 714 g/mol. The van der Waals surface area contributed by atoms with Gasteiger partial charge in [0.2, 0.25) is 0 Å². The Labute approximate surface area is 268 Å². The van der Waals surface area contributed by atoms with Crippen LogP contribution in [0.1, 0.15) is 24.5 Å². The number of H-pyrrole nitrogens is 1. The number of aromatic nitrogens is 8. The maximum absolute atomic E-state index is 13.9. The zero-order chi connectivity index (χ0) is 33.0. The van der Waals surface area contributed by atoms with Crippen molar-refractivity contribution in [3.63, 3.8) is 0 Å². The molecule has 0 amide bonds. The lowest BCUT2D eigenvalue weighted by Crippen LogP contribution is -2.38. The molecule has 23 heteroatoms. The van der Waals surface area contributed by atoms with Crippen molar-refractivity contribution < 1.29 is 47.1 Å². The summed E-state index contributed by atoms with van der Waals surface area (Å²) in [7, 11) is -4.92. The molecule has 1 spiro atoms. The Morgan fingerprint density at radius 1 is 1.13 bits per heavy atom. The second kappa shape index (κ2) is 10.8. The van der Waals surface area contributed by atoms with Gasteiger partial charge in [0.25, 0.3) is 5.56 Å². The number of phosphoric ester groups is 1. The number of anilines is 1. The van der Waals surface area contributed by atoms with Crippen LogP contribution in [0.4, 0.5) is 5.82 Å². The smallest absolute Gasteiger partial charge is 0.396 e. The molecule has 4 fully saturated rings. The summed E-state index contributed by atoms with van der Waals surface area (Å²) in [6, 6.07) is -0.757. The zero-order valence-electron chi connectivity index (χ0n) is 24.3. The molecule has 4 aliphatic rings. The van der Waals surface area contributed by atoms with Crippen molar-refractivity contribution in [2.24, 2.45) is 17.3 Å². The van der Waals surface area contributed by atoms with Crippen molar-refractivity contribution in [1.29, 1.82) is 0 Å². The number of hydrogen-bond donors (Lipinski definition) is 6. The molecule has 2 aliphatic carbocycles. The van der Waals surface area contributed by atoms with Crippen molar-refractivity contribution in [2.45, 2.75) is 50.0 Å². The van der Waals surface area contributed by atoms with Crippen LogP contribution in [0.5, 0.6) is 0 Å². The van der Waals surface area contributed by atoms with Crippen LogP contribution in [0.25, 0.3) is 22.3 Å². The summed E-state index contributed by atoms with van der Waals surface area (Å²) < 4.78 is 59.2. The summed E-state index contributed by atoms with van der Waals surface area (Å²) in [5.74, 6) is -0.993. The van der Waals surface area contributed by atoms with Crippen LogP contribution in [-0.2, 0) is 32.0 Å². The van der Waals surface area contributed by atoms with E-state index in [2.05, 4.69) is 42.2 Å². The highest BCUT2D eigenvalue weighted by molar-refractivity contribution is 8.44. The van der Waals surface area contributed by atoms with E-state index in [0.717, 1.165) is 0 Å². The number of nitrogens with zero attached hydrogens (tertiary/aromatic N) is 7. The van der Waals surface area contributed by atoms with Gasteiger partial charge >= 0.3 is 14.6 Å². The summed E-state index contributed by atoms with van der Waals surface area (Å²) in [4.78, 5) is 46.9. The number of imidazole rings is 2. The molecular formula is C24H29N9O11P2S. The minimum atomic E-state index is -4.92. The Morgan fingerprint density at radius 2 is 1.89 bits per heavy atom. The number of nitrogens with one attached hydrogen (secondary N) is 1. The molecule has 2 bridgehead atoms. The summed E-state index contributed by atoms with van der Waals surface area (Å²) in [6.45, 7) is -4.27. The third-order valence-corrected chi connectivity index (χ3v) is 12.0. The fraction of sp³-hybridized carbons (Fsp3) is 0.583. The quantitative estimate of drug-likeness (QED) is 0.122. The number of nitrogen functional groups attached to an aromatic ring is 1. The van der Waals surface area contributed by atoms with Gasteiger partial charge in [-0.05, 0) is 19.3 Å². The molecule has 2 aliphatic heterocycles. The van der Waals surface area contributed by atoms with Crippen LogP contribution in [0, 0.1) is 24.2 Å². The van der Waals surface area contributed by atoms with Crippen LogP contribution in [0.2, 0.25) is 0 Å². The number of hydrogen-bond acceptors (Lipinski definition) is 16. The van der Waals surface area contributed by atoms with Crippen LogP contribution in [0.15, 0.2) is 23.8 Å². The van der Waals surface area contributed by atoms with Crippen molar-refractivity contribution in [2.75, 3.05) is 25.6 Å². The molecule has 0 radical (unpaired) electrons. The summed E-state index contributed by atoms with van der Waals surface area (Å²) >= 11 is 4.24. The second-order valence-electron chi connectivity index (χ2n) is 12.1. The van der Waals surface area contributed by atoms with E-state index in [1.807, 2.05) is 0 Å². The highest BCUT2D eigenvalue weighted by Crippen LogP contribution is 2.72. The van der Waals surface area contributed by atoms with Gasteiger partial charge in [0.05, 0.1) is 44.6 Å². The third-order valence-electron chi connectivity index (χ3n) is 9.46. The van der Waals surface area contributed by atoms with E-state index in [0.29, 0.717) is 17.6 Å². The van der Waals surface area contributed by atoms with E-state index in [1.165, 1.54) is 23.5 Å². The van der Waals surface area contributed by atoms with Crippen LogP contribution in [-0.4, -0.2) is 98.4 Å². The molecule has 6 heterocycles. The van der Waals surface area contributed by atoms with Gasteiger partial charge in [0.1, 0.15) is 36.0 Å². The van der Waals surface area contributed by atoms with Gasteiger partial charge in [-0.3, -0.25) is 22.9 Å². The van der Waals surface area contributed by atoms with Crippen molar-refractivity contribution in [3.05, 3.63) is 35.2 Å². The third kappa shape index (κ3) is 4.99. The molecule has 20 nitrogen and oxygen atoms in total. The van der Waals surface area contributed by atoms with E-state index < -0.39 is 87.3 Å². The monoisotopic (exact) mass is 713 g/mol. The first kappa shape index (κ1) is 31.5. The van der Waals surface area contributed by atoms with Crippen molar-refractivity contribution in [1.82, 2.24) is 39.0 Å². The van der Waals surface area contributed by atoms with E-state index in [9.17, 15) is 29.0 Å². The number of fused-ring (bicyclic) bond motifs is 4. The molecule has 0 aromatic carbocycles. The number of rotatable bonds is 3. The minimum absolute atomic E-state index is 0.00903. The maximum atomic E-state index is 13.9. The molecule has 2 saturated carbocycles. The SMILES string of the molecule is Cc1nc2c(ncn2[C@@H]2O[C@@H]3COP(=O)(O)O[C@H]4[C@@H](O)[C@H](n5cnc6c(N)ncnc65)[C@H]5C[C@]54CO[P@](=O)(S)O[C@@H]2[C@@H]3CO)c(=O)[nH]1. The summed E-state index contributed by atoms with van der Waals surface area (Å²) in [5, 5.41) is 21.9. The number of thiol groups is 1. The molecule has 4 aromatic rings. The zero-order valence-corrected chi connectivity index (χ0v) is 27.0. The molecular weight excluding hydrogens is 684 g/mol. The normalized spacial score (nSPS) is 40.4. The van der Waals surface area contributed by atoms with Gasteiger partial charge in [-0.1, -0.05) is 12.2 Å². The lowest BCUT2D eigenvalue weighted by molar-refractivity contribution is -0.0623. The Balaban J connectivity index is 1.15. The topological polar surface area (TPSA) is 274 Å². The first-order valence-electron chi connectivity index (χ1n) is 14.4. The average Bonchev–Trinajstić information content (AvgIpc) is 3.30. The van der Waals surface area contributed by atoms with Gasteiger partial charge in [-0.2, -0.15) is 0 Å². The van der Waals surface area contributed by atoms with E-state index >= 15 is 0 Å². The summed E-state index contributed by atoms with van der Waals surface area (Å²) in [6.07, 6.45) is -2.01. The lowest BCUT2D eigenvalue weighted by Gasteiger charge is -2.30. The van der Waals surface area contributed by atoms with E-state index in [-0.39, 0.29) is 29.4 Å². The number of aliphatic hydroxyl groups excluding tert-OH is 2. The lowest BCUT2D eigenvalue weighted by atomic mass is 9.99. The van der Waals surface area contributed by atoms with E-state index in [1.54, 1.807) is 11.5 Å². The molecule has 2 saturated heterocycles. The van der Waals surface area contributed by atoms with Gasteiger partial charge in [-0.25, -0.2) is 34.0 Å².